The summed E-state index contributed by atoms with van der Waals surface area (Å²) in [5, 5.41) is 13.2. The molecule has 0 saturated carbocycles. The molecule has 3 nitrogen and oxygen atoms in total. The number of aromatic hydroxyl groups is 1. The van der Waals surface area contributed by atoms with Crippen molar-refractivity contribution in [1.82, 2.24) is 5.32 Å². The van der Waals surface area contributed by atoms with Gasteiger partial charge in [0, 0.05) is 25.3 Å². The molecule has 0 heterocycles. The van der Waals surface area contributed by atoms with Crippen molar-refractivity contribution in [3.8, 4) is 5.75 Å². The van der Waals surface area contributed by atoms with E-state index in [2.05, 4.69) is 19.2 Å². The van der Waals surface area contributed by atoms with E-state index in [9.17, 15) is 5.11 Å². The van der Waals surface area contributed by atoms with Crippen molar-refractivity contribution in [1.29, 1.82) is 0 Å². The summed E-state index contributed by atoms with van der Waals surface area (Å²) in [7, 11) is 1.71. The van der Waals surface area contributed by atoms with Gasteiger partial charge in [0.1, 0.15) is 5.75 Å². The molecule has 0 aromatic heterocycles. The zero-order chi connectivity index (χ0) is 12.8. The molecule has 1 rings (SSSR count). The van der Waals surface area contributed by atoms with Crippen LogP contribution < -0.4 is 5.32 Å². The van der Waals surface area contributed by atoms with Crippen molar-refractivity contribution in [3.63, 3.8) is 0 Å². The first-order valence-electron chi connectivity index (χ1n) is 6.05. The van der Waals surface area contributed by atoms with Crippen LogP contribution in [0.1, 0.15) is 25.0 Å². The molecule has 0 bridgehead atoms. The van der Waals surface area contributed by atoms with Gasteiger partial charge in [0.25, 0.3) is 0 Å². The number of rotatable bonds is 6. The Morgan fingerprint density at radius 3 is 2.65 bits per heavy atom. The summed E-state index contributed by atoms with van der Waals surface area (Å²) in [6, 6.07) is 5.97. The van der Waals surface area contributed by atoms with Crippen molar-refractivity contribution in [2.45, 2.75) is 33.4 Å². The lowest BCUT2D eigenvalue weighted by Gasteiger charge is -2.22. The fourth-order valence-electron chi connectivity index (χ4n) is 1.76. The van der Waals surface area contributed by atoms with Gasteiger partial charge in [-0.2, -0.15) is 0 Å². The van der Waals surface area contributed by atoms with Gasteiger partial charge < -0.3 is 15.2 Å². The standard InChI is InChI=1S/C14H23NO2/c1-10(2)13(9-17-4)15-8-12-7-11(3)5-6-14(12)16/h5-7,10,13,15-16H,8-9H2,1-4H3. The maximum Gasteiger partial charge on any atom is 0.120 e. The number of aryl methyl sites for hydroxylation is 1. The minimum absolute atomic E-state index is 0.305. The zero-order valence-electron chi connectivity index (χ0n) is 11.2. The molecule has 0 radical (unpaired) electrons. The summed E-state index contributed by atoms with van der Waals surface area (Å²) in [5.74, 6) is 0.852. The van der Waals surface area contributed by atoms with Crippen LogP contribution in [-0.4, -0.2) is 24.9 Å². The minimum atomic E-state index is 0.305. The van der Waals surface area contributed by atoms with E-state index in [4.69, 9.17) is 4.74 Å². The van der Waals surface area contributed by atoms with Crippen molar-refractivity contribution in [3.05, 3.63) is 29.3 Å². The average molecular weight is 237 g/mol. The Hall–Kier alpha value is -1.06. The van der Waals surface area contributed by atoms with Crippen LogP contribution in [0.25, 0.3) is 0 Å². The Morgan fingerprint density at radius 2 is 2.06 bits per heavy atom. The van der Waals surface area contributed by atoms with Crippen LogP contribution in [0, 0.1) is 12.8 Å². The summed E-state index contributed by atoms with van der Waals surface area (Å²) in [6.07, 6.45) is 0. The van der Waals surface area contributed by atoms with E-state index in [0.717, 1.165) is 11.1 Å². The first-order chi connectivity index (χ1) is 8.04. The smallest absolute Gasteiger partial charge is 0.120 e. The van der Waals surface area contributed by atoms with Gasteiger partial charge in [-0.15, -0.1) is 0 Å². The maximum absolute atomic E-state index is 9.75. The highest BCUT2D eigenvalue weighted by molar-refractivity contribution is 5.35. The number of hydrogen-bond acceptors (Lipinski definition) is 3. The predicted molar refractivity (Wildman–Crippen MR) is 70.2 cm³/mol. The van der Waals surface area contributed by atoms with Crippen molar-refractivity contribution >= 4 is 0 Å². The van der Waals surface area contributed by atoms with Gasteiger partial charge in [-0.25, -0.2) is 0 Å². The van der Waals surface area contributed by atoms with E-state index in [-0.39, 0.29) is 0 Å². The van der Waals surface area contributed by atoms with E-state index in [1.165, 1.54) is 0 Å². The Labute approximate surface area is 104 Å². The molecule has 0 spiro atoms. The van der Waals surface area contributed by atoms with Crippen LogP contribution in [0.5, 0.6) is 5.75 Å². The van der Waals surface area contributed by atoms with E-state index in [0.29, 0.717) is 30.9 Å². The highest BCUT2D eigenvalue weighted by Gasteiger charge is 2.13. The molecule has 96 valence electrons. The van der Waals surface area contributed by atoms with Gasteiger partial charge in [0.2, 0.25) is 0 Å². The van der Waals surface area contributed by atoms with Crippen LogP contribution in [-0.2, 0) is 11.3 Å². The fourth-order valence-corrected chi connectivity index (χ4v) is 1.76. The molecular weight excluding hydrogens is 214 g/mol. The fraction of sp³-hybridized carbons (Fsp3) is 0.571. The van der Waals surface area contributed by atoms with Crippen molar-refractivity contribution in [2.75, 3.05) is 13.7 Å². The number of ether oxygens (including phenoxy) is 1. The molecule has 1 atom stereocenters. The third-order valence-electron chi connectivity index (χ3n) is 2.94. The number of phenols is 1. The third kappa shape index (κ3) is 4.36. The molecule has 3 heteroatoms. The molecule has 0 amide bonds. The number of phenolic OH excluding ortho intramolecular Hbond substituents is 1. The minimum Gasteiger partial charge on any atom is -0.508 e. The second-order valence-corrected chi connectivity index (χ2v) is 4.82. The molecule has 1 unspecified atom stereocenters. The molecule has 1 aromatic rings. The maximum atomic E-state index is 9.75. The number of hydrogen-bond donors (Lipinski definition) is 2. The van der Waals surface area contributed by atoms with E-state index in [1.54, 1.807) is 13.2 Å². The molecular formula is C14H23NO2. The van der Waals surface area contributed by atoms with Gasteiger partial charge >= 0.3 is 0 Å². The molecule has 2 N–H and O–H groups in total. The Morgan fingerprint density at radius 1 is 1.35 bits per heavy atom. The Bertz CT molecular complexity index is 350. The van der Waals surface area contributed by atoms with E-state index >= 15 is 0 Å². The highest BCUT2D eigenvalue weighted by Crippen LogP contribution is 2.18. The first kappa shape index (κ1) is 14.0. The normalized spacial score (nSPS) is 13.0. The largest absolute Gasteiger partial charge is 0.508 e. The second kappa shape index (κ2) is 6.62. The molecule has 0 aliphatic carbocycles. The van der Waals surface area contributed by atoms with Crippen LogP contribution in [0.15, 0.2) is 18.2 Å². The zero-order valence-corrected chi connectivity index (χ0v) is 11.2. The van der Waals surface area contributed by atoms with E-state index in [1.807, 2.05) is 19.1 Å². The molecule has 0 aliphatic rings. The summed E-state index contributed by atoms with van der Waals surface area (Å²) >= 11 is 0. The van der Waals surface area contributed by atoms with Crippen molar-refractivity contribution < 1.29 is 9.84 Å². The lowest BCUT2D eigenvalue weighted by atomic mass is 10.0. The molecule has 17 heavy (non-hydrogen) atoms. The Kier molecular flexibility index (Phi) is 5.45. The van der Waals surface area contributed by atoms with Crippen LogP contribution in [0.4, 0.5) is 0 Å². The molecule has 0 aliphatic heterocycles. The van der Waals surface area contributed by atoms with Gasteiger partial charge in [-0.3, -0.25) is 0 Å². The van der Waals surface area contributed by atoms with Gasteiger partial charge in [0.05, 0.1) is 6.61 Å². The molecule has 0 fully saturated rings. The van der Waals surface area contributed by atoms with Crippen molar-refractivity contribution in [2.24, 2.45) is 5.92 Å². The van der Waals surface area contributed by atoms with E-state index < -0.39 is 0 Å². The average Bonchev–Trinajstić information content (AvgIpc) is 2.28. The quantitative estimate of drug-likeness (QED) is 0.798. The number of nitrogens with one attached hydrogen (secondary N) is 1. The monoisotopic (exact) mass is 237 g/mol. The molecule has 0 saturated heterocycles. The van der Waals surface area contributed by atoms with Crippen LogP contribution in [0.3, 0.4) is 0 Å². The van der Waals surface area contributed by atoms with Crippen LogP contribution in [0.2, 0.25) is 0 Å². The third-order valence-corrected chi connectivity index (χ3v) is 2.94. The number of methoxy groups -OCH3 is 1. The highest BCUT2D eigenvalue weighted by atomic mass is 16.5. The second-order valence-electron chi connectivity index (χ2n) is 4.82. The van der Waals surface area contributed by atoms with Gasteiger partial charge in [0.15, 0.2) is 0 Å². The number of benzene rings is 1. The van der Waals surface area contributed by atoms with Crippen LogP contribution >= 0.6 is 0 Å². The SMILES string of the molecule is COCC(NCc1cc(C)ccc1O)C(C)C. The topological polar surface area (TPSA) is 41.5 Å². The predicted octanol–water partition coefficient (Wildman–Crippen LogP) is 2.46. The Balaban J connectivity index is 2.61. The lowest BCUT2D eigenvalue weighted by Crippen LogP contribution is -2.37. The summed E-state index contributed by atoms with van der Waals surface area (Å²) in [5.41, 5.74) is 2.10. The lowest BCUT2D eigenvalue weighted by molar-refractivity contribution is 0.146. The summed E-state index contributed by atoms with van der Waals surface area (Å²) in [6.45, 7) is 7.70. The van der Waals surface area contributed by atoms with Gasteiger partial charge in [-0.05, 0) is 18.9 Å². The summed E-state index contributed by atoms with van der Waals surface area (Å²) < 4.78 is 5.18. The summed E-state index contributed by atoms with van der Waals surface area (Å²) in [4.78, 5) is 0. The van der Waals surface area contributed by atoms with Gasteiger partial charge in [-0.1, -0.05) is 31.5 Å². The first-order valence-corrected chi connectivity index (χ1v) is 6.05. The molecule has 1 aromatic carbocycles.